The first-order valence-corrected chi connectivity index (χ1v) is 12.0. The fourth-order valence-electron chi connectivity index (χ4n) is 5.15. The van der Waals surface area contributed by atoms with E-state index in [9.17, 15) is 0 Å². The summed E-state index contributed by atoms with van der Waals surface area (Å²) >= 11 is 0. The fraction of sp³-hybridized carbons (Fsp3) is 0.370. The second-order valence-electron chi connectivity index (χ2n) is 9.85. The molecule has 3 aromatic heterocycles. The first-order valence-electron chi connectivity index (χ1n) is 12.0. The number of pyridine rings is 1. The van der Waals surface area contributed by atoms with E-state index in [1.165, 1.54) is 24.1 Å². The molecule has 1 aliphatic heterocycles. The average molecular weight is 455 g/mol. The van der Waals surface area contributed by atoms with Gasteiger partial charge in [0.1, 0.15) is 6.10 Å². The van der Waals surface area contributed by atoms with Gasteiger partial charge in [-0.25, -0.2) is 4.98 Å². The Bertz CT molecular complexity index is 1410. The monoisotopic (exact) mass is 454 g/mol. The van der Waals surface area contributed by atoms with Crippen LogP contribution in [0.25, 0.3) is 22.4 Å². The molecule has 2 N–H and O–H groups in total. The van der Waals surface area contributed by atoms with Gasteiger partial charge < -0.3 is 10.5 Å². The Morgan fingerprint density at radius 2 is 1.97 bits per heavy atom. The van der Waals surface area contributed by atoms with E-state index in [0.29, 0.717) is 18.0 Å². The quantitative estimate of drug-likeness (QED) is 0.472. The average Bonchev–Trinajstić information content (AvgIpc) is 3.47. The first-order chi connectivity index (χ1) is 16.4. The van der Waals surface area contributed by atoms with Crippen molar-refractivity contribution in [2.24, 2.45) is 20.0 Å². The fourth-order valence-corrected chi connectivity index (χ4v) is 5.15. The topological polar surface area (TPSA) is 83.8 Å². The highest BCUT2D eigenvalue weighted by Gasteiger charge is 2.29. The maximum atomic E-state index is 6.47. The van der Waals surface area contributed by atoms with Gasteiger partial charge in [0.2, 0.25) is 0 Å². The van der Waals surface area contributed by atoms with Crippen LogP contribution < -0.4 is 10.5 Å². The van der Waals surface area contributed by atoms with Crippen LogP contribution in [-0.4, -0.2) is 24.5 Å². The molecule has 1 aliphatic carbocycles. The summed E-state index contributed by atoms with van der Waals surface area (Å²) in [5.74, 6) is 1.74. The summed E-state index contributed by atoms with van der Waals surface area (Å²) in [6.07, 6.45) is 8.04. The largest absolute Gasteiger partial charge is 0.482 e. The molecule has 0 radical (unpaired) electrons. The smallest absolute Gasteiger partial charge is 0.166 e. The number of rotatable bonds is 2. The molecule has 1 aromatic carbocycles. The van der Waals surface area contributed by atoms with E-state index in [1.807, 2.05) is 24.0 Å². The van der Waals surface area contributed by atoms with E-state index < -0.39 is 0 Å². The zero-order chi connectivity index (χ0) is 23.6. The van der Waals surface area contributed by atoms with Gasteiger partial charge in [0.25, 0.3) is 0 Å². The maximum Gasteiger partial charge on any atom is 0.166 e. The van der Waals surface area contributed by atoms with Crippen LogP contribution in [0.4, 0.5) is 5.82 Å². The van der Waals surface area contributed by atoms with Crippen molar-refractivity contribution in [2.45, 2.75) is 45.6 Å². The van der Waals surface area contributed by atoms with Gasteiger partial charge in [-0.2, -0.15) is 10.2 Å². The minimum Gasteiger partial charge on any atom is -0.482 e. The van der Waals surface area contributed by atoms with Crippen molar-refractivity contribution >= 4 is 5.82 Å². The summed E-state index contributed by atoms with van der Waals surface area (Å²) in [6, 6.07) is 8.50. The predicted molar refractivity (Wildman–Crippen MR) is 133 cm³/mol. The van der Waals surface area contributed by atoms with Crippen molar-refractivity contribution in [3.8, 4) is 28.1 Å². The van der Waals surface area contributed by atoms with E-state index >= 15 is 0 Å². The normalized spacial score (nSPS) is 17.1. The summed E-state index contributed by atoms with van der Waals surface area (Å²) in [4.78, 5) is 4.53. The summed E-state index contributed by atoms with van der Waals surface area (Å²) in [7, 11) is 4.03. The van der Waals surface area contributed by atoms with Crippen LogP contribution in [0.15, 0.2) is 36.7 Å². The Morgan fingerprint density at radius 1 is 1.15 bits per heavy atom. The highest BCUT2D eigenvalue weighted by molar-refractivity contribution is 5.74. The van der Waals surface area contributed by atoms with Crippen LogP contribution in [0.5, 0.6) is 5.75 Å². The molecule has 7 heteroatoms. The number of anilines is 1. The lowest BCUT2D eigenvalue weighted by Gasteiger charge is -2.21. The number of nitrogens with zero attached hydrogens (tertiary/aromatic N) is 5. The SMILES string of the molecule is Cc1ccc2c(c1)C(C)Oc1cc(cnc1N)-c1c(nn(C)c1CC1CC1)Cc1cn(C)nc1-2. The van der Waals surface area contributed by atoms with Gasteiger partial charge in [-0.3, -0.25) is 9.36 Å². The lowest BCUT2D eigenvalue weighted by molar-refractivity contribution is 0.228. The van der Waals surface area contributed by atoms with Gasteiger partial charge in [-0.05, 0) is 45.1 Å². The summed E-state index contributed by atoms with van der Waals surface area (Å²) in [6.45, 7) is 4.16. The number of aromatic nitrogens is 5. The van der Waals surface area contributed by atoms with E-state index in [4.69, 9.17) is 20.7 Å². The van der Waals surface area contributed by atoms with Crippen molar-refractivity contribution in [1.29, 1.82) is 0 Å². The first kappa shape index (κ1) is 21.0. The van der Waals surface area contributed by atoms with Crippen LogP contribution in [0, 0.1) is 12.8 Å². The second-order valence-corrected chi connectivity index (χ2v) is 9.85. The third kappa shape index (κ3) is 3.56. The molecule has 6 rings (SSSR count). The van der Waals surface area contributed by atoms with Gasteiger partial charge in [0, 0.05) is 66.4 Å². The van der Waals surface area contributed by atoms with Crippen LogP contribution in [0.1, 0.15) is 53.9 Å². The van der Waals surface area contributed by atoms with Crippen molar-refractivity contribution in [3.05, 3.63) is 64.7 Å². The van der Waals surface area contributed by atoms with E-state index in [-0.39, 0.29) is 6.10 Å². The molecule has 0 amide bonds. The summed E-state index contributed by atoms with van der Waals surface area (Å²) in [5, 5.41) is 9.89. The summed E-state index contributed by atoms with van der Waals surface area (Å²) < 4.78 is 10.4. The van der Waals surface area contributed by atoms with Crippen LogP contribution in [0.2, 0.25) is 0 Å². The predicted octanol–water partition coefficient (Wildman–Crippen LogP) is 4.77. The molecule has 2 bridgehead atoms. The third-order valence-corrected chi connectivity index (χ3v) is 7.05. The molecule has 2 aliphatic rings. The van der Waals surface area contributed by atoms with Crippen LogP contribution in [-0.2, 0) is 26.9 Å². The number of hydrogen-bond acceptors (Lipinski definition) is 5. The zero-order valence-electron chi connectivity index (χ0n) is 20.2. The number of nitrogens with two attached hydrogens (primary N) is 1. The van der Waals surface area contributed by atoms with Crippen molar-refractivity contribution in [3.63, 3.8) is 0 Å². The zero-order valence-corrected chi connectivity index (χ0v) is 20.2. The highest BCUT2D eigenvalue weighted by Crippen LogP contribution is 2.41. The van der Waals surface area contributed by atoms with E-state index in [2.05, 4.69) is 55.0 Å². The number of hydrogen-bond donors (Lipinski definition) is 1. The molecule has 0 saturated heterocycles. The van der Waals surface area contributed by atoms with E-state index in [0.717, 1.165) is 51.5 Å². The lowest BCUT2D eigenvalue weighted by atomic mass is 9.93. The number of aryl methyl sites for hydroxylation is 3. The highest BCUT2D eigenvalue weighted by atomic mass is 16.5. The van der Waals surface area contributed by atoms with Gasteiger partial charge in [0.15, 0.2) is 11.6 Å². The van der Waals surface area contributed by atoms with E-state index in [1.54, 1.807) is 0 Å². The number of benzene rings is 1. The minimum absolute atomic E-state index is 0.220. The molecule has 4 heterocycles. The minimum atomic E-state index is -0.220. The van der Waals surface area contributed by atoms with Gasteiger partial charge >= 0.3 is 0 Å². The molecule has 1 unspecified atom stereocenters. The molecular formula is C27H30N6O. The molecule has 0 spiro atoms. The molecular weight excluding hydrogens is 424 g/mol. The lowest BCUT2D eigenvalue weighted by Crippen LogP contribution is -2.09. The Hall–Kier alpha value is -3.61. The van der Waals surface area contributed by atoms with Gasteiger partial charge in [-0.15, -0.1) is 0 Å². The van der Waals surface area contributed by atoms with Crippen LogP contribution >= 0.6 is 0 Å². The van der Waals surface area contributed by atoms with Gasteiger partial charge in [0.05, 0.1) is 11.4 Å². The number of fused-ring (bicyclic) bond motifs is 7. The maximum absolute atomic E-state index is 6.47. The molecule has 4 aromatic rings. The second kappa shape index (κ2) is 7.72. The molecule has 1 fully saturated rings. The molecule has 174 valence electrons. The van der Waals surface area contributed by atoms with Gasteiger partial charge in [-0.1, -0.05) is 23.8 Å². The third-order valence-electron chi connectivity index (χ3n) is 7.05. The number of nitrogen functional groups attached to an aromatic ring is 1. The standard InChI is InChI=1S/C27H30N6O/c1-15-5-8-20-21(9-15)16(2)34-24-12-18(13-29-27(24)28)25-22(11-19-14-32(3)31-26(19)20)30-33(4)23(25)10-17-6-7-17/h5,8-9,12-14,16-17H,6-7,10-11H2,1-4H3,(H2,28,29). The molecule has 1 atom stereocenters. The van der Waals surface area contributed by atoms with Crippen molar-refractivity contribution in [2.75, 3.05) is 5.73 Å². The number of ether oxygens (including phenoxy) is 1. The Labute approximate surface area is 199 Å². The van der Waals surface area contributed by atoms with Crippen molar-refractivity contribution in [1.82, 2.24) is 24.5 Å². The van der Waals surface area contributed by atoms with Crippen LogP contribution in [0.3, 0.4) is 0 Å². The Morgan fingerprint density at radius 3 is 2.76 bits per heavy atom. The molecule has 34 heavy (non-hydrogen) atoms. The Kier molecular flexibility index (Phi) is 4.76. The Balaban J connectivity index is 1.62. The van der Waals surface area contributed by atoms with Crippen molar-refractivity contribution < 1.29 is 4.74 Å². The molecule has 7 nitrogen and oxygen atoms in total. The molecule has 1 saturated carbocycles. The summed E-state index contributed by atoms with van der Waals surface area (Å²) in [5.41, 5.74) is 16.2.